The molecule has 2 rings (SSSR count). The summed E-state index contributed by atoms with van der Waals surface area (Å²) in [7, 11) is -3.76. The van der Waals surface area contributed by atoms with Gasteiger partial charge in [-0.25, -0.2) is 22.9 Å². The van der Waals surface area contributed by atoms with Crippen LogP contribution in [0.1, 0.15) is 59.8 Å². The first kappa shape index (κ1) is 23.5. The van der Waals surface area contributed by atoms with Gasteiger partial charge in [0.2, 0.25) is 10.0 Å². The van der Waals surface area contributed by atoms with E-state index in [9.17, 15) is 18.0 Å². The number of hydrogen-bond acceptors (Lipinski definition) is 6. The number of pyridine rings is 1. The minimum atomic E-state index is -3.76. The van der Waals surface area contributed by atoms with E-state index in [0.717, 1.165) is 0 Å². The summed E-state index contributed by atoms with van der Waals surface area (Å²) in [5.74, 6) is -0.982. The van der Waals surface area contributed by atoms with Crippen molar-refractivity contribution in [3.8, 4) is 0 Å². The number of ether oxygens (including phenoxy) is 1. The third-order valence-electron chi connectivity index (χ3n) is 3.96. The molecule has 0 radical (unpaired) electrons. The fourth-order valence-electron chi connectivity index (χ4n) is 2.75. The molecular weight excluding hydrogens is 406 g/mol. The zero-order valence-electron chi connectivity index (χ0n) is 17.8. The van der Waals surface area contributed by atoms with Gasteiger partial charge >= 0.3 is 5.97 Å². The molecule has 0 unspecified atom stereocenters. The lowest BCUT2D eigenvalue weighted by molar-refractivity contribution is 0.0524. The quantitative estimate of drug-likeness (QED) is 0.649. The number of sulfonamides is 1. The topological polar surface area (TPSA) is 114 Å². The predicted molar refractivity (Wildman–Crippen MR) is 113 cm³/mol. The summed E-state index contributed by atoms with van der Waals surface area (Å²) in [6.07, 6.45) is 0. The van der Waals surface area contributed by atoms with Gasteiger partial charge in [-0.3, -0.25) is 4.79 Å². The molecule has 162 valence electrons. The normalized spacial score (nSPS) is 11.8. The van der Waals surface area contributed by atoms with Crippen molar-refractivity contribution in [3.05, 3.63) is 58.9 Å². The van der Waals surface area contributed by atoms with E-state index in [1.807, 2.05) is 0 Å². The first-order valence-corrected chi connectivity index (χ1v) is 11.0. The van der Waals surface area contributed by atoms with Gasteiger partial charge in [0.1, 0.15) is 5.69 Å². The third-order valence-corrected chi connectivity index (χ3v) is 5.81. The fraction of sp³-hybridized carbons (Fsp3) is 0.381. The Morgan fingerprint density at radius 3 is 2.37 bits per heavy atom. The molecule has 30 heavy (non-hydrogen) atoms. The monoisotopic (exact) mass is 433 g/mol. The molecule has 0 fully saturated rings. The molecule has 0 saturated carbocycles. The lowest BCUT2D eigenvalue weighted by Crippen LogP contribution is -2.41. The number of benzene rings is 1. The van der Waals surface area contributed by atoms with Crippen LogP contribution in [0.3, 0.4) is 0 Å². The molecule has 1 amide bonds. The average molecular weight is 434 g/mol. The van der Waals surface area contributed by atoms with E-state index in [4.69, 9.17) is 4.74 Å². The predicted octanol–water partition coefficient (Wildman–Crippen LogP) is 2.57. The van der Waals surface area contributed by atoms with E-state index in [2.05, 4.69) is 15.0 Å². The summed E-state index contributed by atoms with van der Waals surface area (Å²) < 4.78 is 33.0. The number of amides is 1. The van der Waals surface area contributed by atoms with Crippen LogP contribution in [0, 0.1) is 6.92 Å². The van der Waals surface area contributed by atoms with Gasteiger partial charge in [-0.15, -0.1) is 0 Å². The zero-order valence-corrected chi connectivity index (χ0v) is 18.6. The van der Waals surface area contributed by atoms with Crippen molar-refractivity contribution < 1.29 is 22.7 Å². The molecule has 0 atom stereocenters. The molecule has 0 aliphatic carbocycles. The van der Waals surface area contributed by atoms with Crippen molar-refractivity contribution in [2.24, 2.45) is 0 Å². The van der Waals surface area contributed by atoms with Gasteiger partial charge in [-0.2, -0.15) is 0 Å². The molecule has 1 aromatic carbocycles. The molecule has 0 spiro atoms. The summed E-state index contributed by atoms with van der Waals surface area (Å²) in [6.45, 7) is 8.82. The van der Waals surface area contributed by atoms with Gasteiger partial charge < -0.3 is 10.1 Å². The van der Waals surface area contributed by atoms with Crippen LogP contribution in [0.5, 0.6) is 0 Å². The minimum absolute atomic E-state index is 0.000412. The van der Waals surface area contributed by atoms with E-state index < -0.39 is 27.4 Å². The van der Waals surface area contributed by atoms with Crippen molar-refractivity contribution in [2.75, 3.05) is 6.61 Å². The SMILES string of the molecule is CCOC(=O)c1ccc(C(=O)NCc2ccccc2S(=O)(=O)NC(C)(C)C)nc1C. The maximum atomic E-state index is 12.7. The van der Waals surface area contributed by atoms with Crippen LogP contribution in [-0.2, 0) is 21.3 Å². The number of aryl methyl sites for hydroxylation is 1. The molecule has 1 aromatic heterocycles. The molecule has 0 saturated heterocycles. The molecule has 0 bridgehead atoms. The van der Waals surface area contributed by atoms with Crippen molar-refractivity contribution in [3.63, 3.8) is 0 Å². The van der Waals surface area contributed by atoms with Crippen LogP contribution in [0.2, 0.25) is 0 Å². The van der Waals surface area contributed by atoms with Crippen molar-refractivity contribution >= 4 is 21.9 Å². The number of rotatable bonds is 7. The minimum Gasteiger partial charge on any atom is -0.462 e. The summed E-state index contributed by atoms with van der Waals surface area (Å²) in [5.41, 5.74) is 0.588. The lowest BCUT2D eigenvalue weighted by Gasteiger charge is -2.21. The van der Waals surface area contributed by atoms with Crippen LogP contribution in [0.4, 0.5) is 0 Å². The standard InChI is InChI=1S/C21H27N3O5S/c1-6-29-20(26)16-11-12-17(23-14(16)2)19(25)22-13-15-9-7-8-10-18(15)30(27,28)24-21(3,4)5/h7-12,24H,6,13H2,1-5H3,(H,22,25). The largest absolute Gasteiger partial charge is 0.462 e. The molecule has 2 N–H and O–H groups in total. The molecular formula is C21H27N3O5S. The molecule has 2 aromatic rings. The second kappa shape index (κ2) is 9.36. The maximum Gasteiger partial charge on any atom is 0.339 e. The van der Waals surface area contributed by atoms with Crippen molar-refractivity contribution in [2.45, 2.75) is 51.6 Å². The van der Waals surface area contributed by atoms with E-state index in [1.54, 1.807) is 52.8 Å². The molecule has 9 heteroatoms. The second-order valence-corrected chi connectivity index (χ2v) is 9.35. The van der Waals surface area contributed by atoms with Crippen molar-refractivity contribution in [1.82, 2.24) is 15.0 Å². The van der Waals surface area contributed by atoms with Gasteiger partial charge in [-0.05, 0) is 58.4 Å². The van der Waals surface area contributed by atoms with Crippen LogP contribution in [0.25, 0.3) is 0 Å². The summed E-state index contributed by atoms with van der Waals surface area (Å²) in [4.78, 5) is 28.6. The Morgan fingerprint density at radius 1 is 1.10 bits per heavy atom. The molecule has 8 nitrogen and oxygen atoms in total. The van der Waals surface area contributed by atoms with Gasteiger partial charge in [0.05, 0.1) is 22.8 Å². The van der Waals surface area contributed by atoms with Gasteiger partial charge in [0, 0.05) is 12.1 Å². The summed E-state index contributed by atoms with van der Waals surface area (Å²) >= 11 is 0. The number of esters is 1. The van der Waals surface area contributed by atoms with Crippen LogP contribution >= 0.6 is 0 Å². The number of carbonyl (C=O) groups is 2. The Labute approximate surface area is 177 Å². The van der Waals surface area contributed by atoms with Crippen LogP contribution < -0.4 is 10.0 Å². The van der Waals surface area contributed by atoms with Gasteiger partial charge in [0.15, 0.2) is 0 Å². The molecule has 0 aliphatic rings. The highest BCUT2D eigenvalue weighted by Crippen LogP contribution is 2.18. The lowest BCUT2D eigenvalue weighted by atomic mass is 10.1. The Balaban J connectivity index is 2.18. The van der Waals surface area contributed by atoms with E-state index >= 15 is 0 Å². The first-order valence-electron chi connectivity index (χ1n) is 9.49. The zero-order chi connectivity index (χ0) is 22.5. The number of carbonyl (C=O) groups excluding carboxylic acids is 2. The van der Waals surface area contributed by atoms with E-state index in [1.165, 1.54) is 18.2 Å². The number of hydrogen-bond donors (Lipinski definition) is 2. The Bertz CT molecular complexity index is 1040. The number of nitrogens with zero attached hydrogens (tertiary/aromatic N) is 1. The Kier molecular flexibility index (Phi) is 7.33. The summed E-state index contributed by atoms with van der Waals surface area (Å²) in [6, 6.07) is 9.38. The Hall–Kier alpha value is -2.78. The smallest absolute Gasteiger partial charge is 0.339 e. The van der Waals surface area contributed by atoms with E-state index in [0.29, 0.717) is 11.3 Å². The highest BCUT2D eigenvalue weighted by atomic mass is 32.2. The summed E-state index contributed by atoms with van der Waals surface area (Å²) in [5, 5.41) is 2.68. The number of nitrogens with one attached hydrogen (secondary N) is 2. The van der Waals surface area contributed by atoms with Crippen LogP contribution in [-0.4, -0.2) is 37.4 Å². The van der Waals surface area contributed by atoms with Gasteiger partial charge in [-0.1, -0.05) is 18.2 Å². The maximum absolute atomic E-state index is 12.7. The van der Waals surface area contributed by atoms with Crippen LogP contribution in [0.15, 0.2) is 41.3 Å². The van der Waals surface area contributed by atoms with E-state index in [-0.39, 0.29) is 29.3 Å². The van der Waals surface area contributed by atoms with Crippen molar-refractivity contribution in [1.29, 1.82) is 0 Å². The third kappa shape index (κ3) is 6.11. The highest BCUT2D eigenvalue weighted by molar-refractivity contribution is 7.89. The highest BCUT2D eigenvalue weighted by Gasteiger charge is 2.24. The Morgan fingerprint density at radius 2 is 1.77 bits per heavy atom. The average Bonchev–Trinajstić information content (AvgIpc) is 2.64. The molecule has 0 aliphatic heterocycles. The second-order valence-electron chi connectivity index (χ2n) is 7.70. The fourth-order valence-corrected chi connectivity index (χ4v) is 4.41. The number of aromatic nitrogens is 1. The first-order chi connectivity index (χ1) is 13.9. The molecule has 1 heterocycles. The van der Waals surface area contributed by atoms with Gasteiger partial charge in [0.25, 0.3) is 5.91 Å².